The van der Waals surface area contributed by atoms with E-state index in [0.717, 1.165) is 17.8 Å². The summed E-state index contributed by atoms with van der Waals surface area (Å²) in [6.45, 7) is 4.14. The molecule has 0 saturated heterocycles. The highest BCUT2D eigenvalue weighted by Crippen LogP contribution is 2.06. The zero-order valence-corrected chi connectivity index (χ0v) is 8.44. The van der Waals surface area contributed by atoms with Crippen LogP contribution in [0.2, 0.25) is 0 Å². The molecule has 2 heterocycles. The maximum absolute atomic E-state index is 4.33. The maximum atomic E-state index is 4.33. The first-order chi connectivity index (χ1) is 6.79. The zero-order chi connectivity index (χ0) is 9.97. The molecule has 0 N–H and O–H groups in total. The third kappa shape index (κ3) is 1.66. The van der Waals surface area contributed by atoms with Gasteiger partial charge in [-0.25, -0.2) is 9.67 Å². The molecule has 2 aromatic heterocycles. The van der Waals surface area contributed by atoms with Crippen molar-refractivity contribution in [3.63, 3.8) is 0 Å². The molecule has 0 fully saturated rings. The molecule has 0 aliphatic heterocycles. The standard InChI is InChI=1S/C11H13N3/c1-3-10-4-5-11(12-7-10)14-8-9(2)6-13-14/h4-8H,3H2,1-2H3. The molecule has 14 heavy (non-hydrogen) atoms. The smallest absolute Gasteiger partial charge is 0.153 e. The van der Waals surface area contributed by atoms with E-state index in [1.807, 2.05) is 31.6 Å². The molecule has 2 rings (SSSR count). The van der Waals surface area contributed by atoms with Gasteiger partial charge < -0.3 is 0 Å². The number of pyridine rings is 1. The van der Waals surface area contributed by atoms with Gasteiger partial charge in [-0.1, -0.05) is 13.0 Å². The van der Waals surface area contributed by atoms with Crippen molar-refractivity contribution < 1.29 is 0 Å². The van der Waals surface area contributed by atoms with Crippen LogP contribution in [0.1, 0.15) is 18.1 Å². The highest BCUT2D eigenvalue weighted by atomic mass is 15.3. The SMILES string of the molecule is CCc1ccc(-n2cc(C)cn2)nc1. The second-order valence-electron chi connectivity index (χ2n) is 3.34. The van der Waals surface area contributed by atoms with Crippen LogP contribution < -0.4 is 0 Å². The Labute approximate surface area is 83.4 Å². The van der Waals surface area contributed by atoms with Gasteiger partial charge in [0.1, 0.15) is 0 Å². The van der Waals surface area contributed by atoms with Crippen molar-refractivity contribution in [3.8, 4) is 5.82 Å². The average Bonchev–Trinajstić information content (AvgIpc) is 2.65. The van der Waals surface area contributed by atoms with Crippen molar-refractivity contribution in [2.75, 3.05) is 0 Å². The molecule has 0 bridgehead atoms. The van der Waals surface area contributed by atoms with E-state index in [9.17, 15) is 0 Å². The Morgan fingerprint density at radius 3 is 2.64 bits per heavy atom. The van der Waals surface area contributed by atoms with Gasteiger partial charge in [-0.3, -0.25) is 0 Å². The Balaban J connectivity index is 2.33. The number of aromatic nitrogens is 3. The molecule has 3 nitrogen and oxygen atoms in total. The van der Waals surface area contributed by atoms with Crippen molar-refractivity contribution in [1.29, 1.82) is 0 Å². The van der Waals surface area contributed by atoms with E-state index in [4.69, 9.17) is 0 Å². The Morgan fingerprint density at radius 1 is 1.29 bits per heavy atom. The largest absolute Gasteiger partial charge is 0.237 e. The summed E-state index contributed by atoms with van der Waals surface area (Å²) in [5.74, 6) is 0.871. The Kier molecular flexibility index (Phi) is 2.31. The first-order valence-electron chi connectivity index (χ1n) is 4.76. The van der Waals surface area contributed by atoms with E-state index >= 15 is 0 Å². The maximum Gasteiger partial charge on any atom is 0.153 e. The molecule has 0 aliphatic rings. The third-order valence-corrected chi connectivity index (χ3v) is 2.16. The molecule has 0 radical (unpaired) electrons. The van der Waals surface area contributed by atoms with Gasteiger partial charge >= 0.3 is 0 Å². The Bertz CT molecular complexity index is 414. The summed E-state index contributed by atoms with van der Waals surface area (Å²) in [4.78, 5) is 4.33. The highest BCUT2D eigenvalue weighted by Gasteiger charge is 1.98. The van der Waals surface area contributed by atoms with E-state index < -0.39 is 0 Å². The third-order valence-electron chi connectivity index (χ3n) is 2.16. The summed E-state index contributed by atoms with van der Waals surface area (Å²) in [5.41, 5.74) is 2.39. The quantitative estimate of drug-likeness (QED) is 0.721. The molecule has 0 saturated carbocycles. The van der Waals surface area contributed by atoms with E-state index in [1.54, 1.807) is 4.68 Å². The first kappa shape index (κ1) is 8.94. The van der Waals surface area contributed by atoms with E-state index in [2.05, 4.69) is 23.1 Å². The van der Waals surface area contributed by atoms with Crippen LogP contribution in [0.15, 0.2) is 30.7 Å². The summed E-state index contributed by atoms with van der Waals surface area (Å²) in [5, 5.41) is 4.20. The van der Waals surface area contributed by atoms with Gasteiger partial charge in [-0.2, -0.15) is 5.10 Å². The summed E-state index contributed by atoms with van der Waals surface area (Å²) >= 11 is 0. The minimum Gasteiger partial charge on any atom is -0.237 e. The fourth-order valence-electron chi connectivity index (χ4n) is 1.30. The van der Waals surface area contributed by atoms with Gasteiger partial charge in [-0.15, -0.1) is 0 Å². The molecule has 2 aromatic rings. The molecule has 0 atom stereocenters. The van der Waals surface area contributed by atoms with Crippen molar-refractivity contribution in [1.82, 2.24) is 14.8 Å². The Morgan fingerprint density at radius 2 is 2.14 bits per heavy atom. The second kappa shape index (κ2) is 3.62. The topological polar surface area (TPSA) is 30.7 Å². The lowest BCUT2D eigenvalue weighted by Crippen LogP contribution is -1.97. The monoisotopic (exact) mass is 187 g/mol. The van der Waals surface area contributed by atoms with Crippen LogP contribution in [0.4, 0.5) is 0 Å². The number of aryl methyl sites for hydroxylation is 2. The number of rotatable bonds is 2. The van der Waals surface area contributed by atoms with Crippen LogP contribution in [0.25, 0.3) is 5.82 Å². The summed E-state index contributed by atoms with van der Waals surface area (Å²) in [6.07, 6.45) is 6.71. The van der Waals surface area contributed by atoms with Gasteiger partial charge in [0.15, 0.2) is 5.82 Å². The Hall–Kier alpha value is -1.64. The highest BCUT2D eigenvalue weighted by molar-refractivity contribution is 5.25. The summed E-state index contributed by atoms with van der Waals surface area (Å²) in [7, 11) is 0. The van der Waals surface area contributed by atoms with Gasteiger partial charge in [0.05, 0.1) is 6.20 Å². The lowest BCUT2D eigenvalue weighted by molar-refractivity contribution is 0.843. The van der Waals surface area contributed by atoms with Crippen molar-refractivity contribution >= 4 is 0 Å². The van der Waals surface area contributed by atoms with Gasteiger partial charge in [-0.05, 0) is 30.5 Å². The van der Waals surface area contributed by atoms with Crippen molar-refractivity contribution in [2.45, 2.75) is 20.3 Å². The molecule has 3 heteroatoms. The fraction of sp³-hybridized carbons (Fsp3) is 0.273. The van der Waals surface area contributed by atoms with E-state index in [-0.39, 0.29) is 0 Å². The second-order valence-corrected chi connectivity index (χ2v) is 3.34. The molecule has 0 aliphatic carbocycles. The molecule has 0 amide bonds. The average molecular weight is 187 g/mol. The predicted molar refractivity (Wildman–Crippen MR) is 55.5 cm³/mol. The molecular weight excluding hydrogens is 174 g/mol. The zero-order valence-electron chi connectivity index (χ0n) is 8.44. The van der Waals surface area contributed by atoms with E-state index in [0.29, 0.717) is 0 Å². The molecule has 72 valence electrons. The van der Waals surface area contributed by atoms with Crippen molar-refractivity contribution in [2.24, 2.45) is 0 Å². The lowest BCUT2D eigenvalue weighted by atomic mass is 10.2. The molecule has 0 spiro atoms. The van der Waals surface area contributed by atoms with Crippen LogP contribution >= 0.6 is 0 Å². The molecular formula is C11H13N3. The predicted octanol–water partition coefficient (Wildman–Crippen LogP) is 2.14. The fourth-order valence-corrected chi connectivity index (χ4v) is 1.30. The summed E-state index contributed by atoms with van der Waals surface area (Å²) < 4.78 is 1.79. The molecule has 0 unspecified atom stereocenters. The van der Waals surface area contributed by atoms with Crippen LogP contribution in [-0.4, -0.2) is 14.8 Å². The minimum absolute atomic E-state index is 0.871. The normalized spacial score (nSPS) is 10.4. The summed E-state index contributed by atoms with van der Waals surface area (Å²) in [6, 6.07) is 4.07. The lowest BCUT2D eigenvalue weighted by Gasteiger charge is -2.00. The molecule has 0 aromatic carbocycles. The van der Waals surface area contributed by atoms with Gasteiger partial charge in [0.25, 0.3) is 0 Å². The van der Waals surface area contributed by atoms with Crippen LogP contribution in [0.3, 0.4) is 0 Å². The van der Waals surface area contributed by atoms with E-state index in [1.165, 1.54) is 5.56 Å². The van der Waals surface area contributed by atoms with Gasteiger partial charge in [0.2, 0.25) is 0 Å². The van der Waals surface area contributed by atoms with Crippen molar-refractivity contribution in [3.05, 3.63) is 41.9 Å². The first-order valence-corrected chi connectivity index (χ1v) is 4.76. The number of nitrogens with zero attached hydrogens (tertiary/aromatic N) is 3. The van der Waals surface area contributed by atoms with Crippen LogP contribution in [-0.2, 0) is 6.42 Å². The van der Waals surface area contributed by atoms with Gasteiger partial charge in [0, 0.05) is 12.4 Å². The van der Waals surface area contributed by atoms with Crippen LogP contribution in [0.5, 0.6) is 0 Å². The van der Waals surface area contributed by atoms with Crippen LogP contribution in [0, 0.1) is 6.92 Å². The number of hydrogen-bond donors (Lipinski definition) is 0. The number of hydrogen-bond acceptors (Lipinski definition) is 2. The minimum atomic E-state index is 0.871.